The molecule has 23 heavy (non-hydrogen) atoms. The SMILES string of the molecule is CC(Oc1ccc(Cl)cc1Cl)C(=O)NCCn1cnccc1=O. The van der Waals surface area contributed by atoms with Crippen LogP contribution in [0.4, 0.5) is 0 Å². The van der Waals surface area contributed by atoms with Crippen LogP contribution in [0, 0.1) is 0 Å². The second-order valence-electron chi connectivity index (χ2n) is 4.74. The maximum Gasteiger partial charge on any atom is 0.260 e. The molecule has 0 spiro atoms. The number of ether oxygens (including phenoxy) is 1. The fourth-order valence-corrected chi connectivity index (χ4v) is 2.26. The van der Waals surface area contributed by atoms with Crippen molar-refractivity contribution in [2.45, 2.75) is 19.6 Å². The Labute approximate surface area is 143 Å². The third-order valence-electron chi connectivity index (χ3n) is 3.01. The van der Waals surface area contributed by atoms with Gasteiger partial charge in [-0.2, -0.15) is 0 Å². The van der Waals surface area contributed by atoms with E-state index >= 15 is 0 Å². The second kappa shape index (κ2) is 7.99. The summed E-state index contributed by atoms with van der Waals surface area (Å²) in [5.41, 5.74) is -0.175. The number of amides is 1. The van der Waals surface area contributed by atoms with Crippen molar-refractivity contribution in [1.29, 1.82) is 0 Å². The van der Waals surface area contributed by atoms with Crippen LogP contribution in [0.3, 0.4) is 0 Å². The van der Waals surface area contributed by atoms with E-state index in [2.05, 4.69) is 10.3 Å². The van der Waals surface area contributed by atoms with Crippen molar-refractivity contribution in [2.24, 2.45) is 0 Å². The molecule has 2 rings (SSSR count). The molecule has 8 heteroatoms. The summed E-state index contributed by atoms with van der Waals surface area (Å²) >= 11 is 11.8. The minimum absolute atomic E-state index is 0.175. The molecule has 1 unspecified atom stereocenters. The van der Waals surface area contributed by atoms with E-state index in [4.69, 9.17) is 27.9 Å². The van der Waals surface area contributed by atoms with Gasteiger partial charge < -0.3 is 10.1 Å². The van der Waals surface area contributed by atoms with E-state index in [0.717, 1.165) is 0 Å². The standard InChI is InChI=1S/C15H15Cl2N3O3/c1-10(23-13-3-2-11(16)8-12(13)17)15(22)19-6-7-20-9-18-5-4-14(20)21/h2-5,8-10H,6-7H2,1H3,(H,19,22). The summed E-state index contributed by atoms with van der Waals surface area (Å²) in [6, 6.07) is 6.12. The highest BCUT2D eigenvalue weighted by Gasteiger charge is 2.15. The minimum atomic E-state index is -0.737. The van der Waals surface area contributed by atoms with Crippen LogP contribution in [-0.4, -0.2) is 28.1 Å². The highest BCUT2D eigenvalue weighted by molar-refractivity contribution is 6.35. The first-order chi connectivity index (χ1) is 11.0. The Kier molecular flexibility index (Phi) is 6.01. The normalized spacial score (nSPS) is 11.8. The molecule has 0 aliphatic carbocycles. The van der Waals surface area contributed by atoms with Gasteiger partial charge in [0.25, 0.3) is 11.5 Å². The van der Waals surface area contributed by atoms with Crippen molar-refractivity contribution < 1.29 is 9.53 Å². The molecule has 0 saturated heterocycles. The number of aromatic nitrogens is 2. The van der Waals surface area contributed by atoms with Crippen LogP contribution >= 0.6 is 23.2 Å². The monoisotopic (exact) mass is 355 g/mol. The largest absolute Gasteiger partial charge is 0.479 e. The van der Waals surface area contributed by atoms with Gasteiger partial charge in [-0.15, -0.1) is 0 Å². The van der Waals surface area contributed by atoms with Crippen LogP contribution < -0.4 is 15.6 Å². The Hall–Kier alpha value is -2.05. The van der Waals surface area contributed by atoms with E-state index in [1.165, 1.54) is 29.2 Å². The fraction of sp³-hybridized carbons (Fsp3) is 0.267. The summed E-state index contributed by atoms with van der Waals surface area (Å²) < 4.78 is 6.91. The number of carbonyl (C=O) groups excluding carboxylic acids is 1. The van der Waals surface area contributed by atoms with Crippen LogP contribution in [-0.2, 0) is 11.3 Å². The van der Waals surface area contributed by atoms with Crippen molar-refractivity contribution in [3.8, 4) is 5.75 Å². The first kappa shape index (κ1) is 17.3. The molecule has 1 aromatic carbocycles. The van der Waals surface area contributed by atoms with Gasteiger partial charge in [0.2, 0.25) is 0 Å². The third-order valence-corrected chi connectivity index (χ3v) is 3.54. The van der Waals surface area contributed by atoms with Gasteiger partial charge in [0.05, 0.1) is 11.3 Å². The minimum Gasteiger partial charge on any atom is -0.479 e. The number of nitrogens with zero attached hydrogens (tertiary/aromatic N) is 2. The first-order valence-electron chi connectivity index (χ1n) is 6.87. The zero-order valence-corrected chi connectivity index (χ0v) is 13.8. The van der Waals surface area contributed by atoms with Gasteiger partial charge in [0.15, 0.2) is 6.10 Å². The van der Waals surface area contributed by atoms with Crippen LogP contribution in [0.15, 0.2) is 41.6 Å². The number of rotatable bonds is 6. The maximum absolute atomic E-state index is 12.0. The Bertz CT molecular complexity index is 749. The van der Waals surface area contributed by atoms with Crippen molar-refractivity contribution in [2.75, 3.05) is 6.54 Å². The lowest BCUT2D eigenvalue weighted by Crippen LogP contribution is -2.38. The predicted molar refractivity (Wildman–Crippen MR) is 88.1 cm³/mol. The average molecular weight is 356 g/mol. The topological polar surface area (TPSA) is 73.2 Å². The molecule has 1 atom stereocenters. The Morgan fingerprint density at radius 2 is 2.17 bits per heavy atom. The lowest BCUT2D eigenvalue weighted by molar-refractivity contribution is -0.127. The Morgan fingerprint density at radius 1 is 1.39 bits per heavy atom. The van der Waals surface area contributed by atoms with Gasteiger partial charge in [-0.3, -0.25) is 14.2 Å². The summed E-state index contributed by atoms with van der Waals surface area (Å²) in [6.45, 7) is 2.22. The molecule has 0 fully saturated rings. The van der Waals surface area contributed by atoms with Crippen LogP contribution in [0.5, 0.6) is 5.75 Å². The summed E-state index contributed by atoms with van der Waals surface area (Å²) in [4.78, 5) is 27.3. The molecule has 2 aromatic rings. The van der Waals surface area contributed by atoms with E-state index in [0.29, 0.717) is 22.3 Å². The van der Waals surface area contributed by atoms with Crippen molar-refractivity contribution in [1.82, 2.24) is 14.9 Å². The number of hydrogen-bond acceptors (Lipinski definition) is 4. The molecule has 0 radical (unpaired) electrons. The van der Waals surface area contributed by atoms with Gasteiger partial charge in [-0.25, -0.2) is 4.98 Å². The van der Waals surface area contributed by atoms with E-state index in [1.807, 2.05) is 0 Å². The van der Waals surface area contributed by atoms with E-state index in [1.54, 1.807) is 19.1 Å². The number of benzene rings is 1. The van der Waals surface area contributed by atoms with Crippen molar-refractivity contribution >= 4 is 29.1 Å². The Morgan fingerprint density at radius 3 is 2.87 bits per heavy atom. The molecule has 122 valence electrons. The first-order valence-corrected chi connectivity index (χ1v) is 7.63. The molecule has 0 bridgehead atoms. The molecule has 1 aromatic heterocycles. The lowest BCUT2D eigenvalue weighted by atomic mass is 10.3. The number of halogens is 2. The number of carbonyl (C=O) groups is 1. The quantitative estimate of drug-likeness (QED) is 0.861. The van der Waals surface area contributed by atoms with Gasteiger partial charge in [-0.1, -0.05) is 23.2 Å². The molecular formula is C15H15Cl2N3O3. The van der Waals surface area contributed by atoms with Gasteiger partial charge in [-0.05, 0) is 25.1 Å². The molecule has 1 amide bonds. The summed E-state index contributed by atoms with van der Waals surface area (Å²) in [5.74, 6) is 0.0650. The predicted octanol–water partition coefficient (Wildman–Crippen LogP) is 2.13. The third kappa shape index (κ3) is 4.97. The zero-order valence-electron chi connectivity index (χ0n) is 12.3. The molecule has 1 heterocycles. The lowest BCUT2D eigenvalue weighted by Gasteiger charge is -2.16. The smallest absolute Gasteiger partial charge is 0.260 e. The number of nitrogens with one attached hydrogen (secondary N) is 1. The number of hydrogen-bond donors (Lipinski definition) is 1. The molecule has 1 N–H and O–H groups in total. The van der Waals surface area contributed by atoms with Crippen molar-refractivity contribution in [3.63, 3.8) is 0 Å². The van der Waals surface area contributed by atoms with Gasteiger partial charge in [0, 0.05) is 30.4 Å². The van der Waals surface area contributed by atoms with Gasteiger partial charge in [0.1, 0.15) is 5.75 Å². The van der Waals surface area contributed by atoms with E-state index in [9.17, 15) is 9.59 Å². The van der Waals surface area contributed by atoms with Crippen molar-refractivity contribution in [3.05, 3.63) is 57.2 Å². The van der Waals surface area contributed by atoms with Crippen LogP contribution in [0.25, 0.3) is 0 Å². The van der Waals surface area contributed by atoms with Gasteiger partial charge >= 0.3 is 0 Å². The molecule has 6 nitrogen and oxygen atoms in total. The summed E-state index contributed by atoms with van der Waals surface area (Å²) in [7, 11) is 0. The summed E-state index contributed by atoms with van der Waals surface area (Å²) in [5, 5.41) is 3.51. The Balaban J connectivity index is 1.85. The molecule has 0 aliphatic heterocycles. The van der Waals surface area contributed by atoms with Crippen LogP contribution in [0.2, 0.25) is 10.0 Å². The van der Waals surface area contributed by atoms with E-state index in [-0.39, 0.29) is 18.0 Å². The highest BCUT2D eigenvalue weighted by atomic mass is 35.5. The van der Waals surface area contributed by atoms with Crippen LogP contribution in [0.1, 0.15) is 6.92 Å². The maximum atomic E-state index is 12.0. The fourth-order valence-electron chi connectivity index (χ4n) is 1.80. The highest BCUT2D eigenvalue weighted by Crippen LogP contribution is 2.28. The second-order valence-corrected chi connectivity index (χ2v) is 5.58. The van der Waals surface area contributed by atoms with E-state index < -0.39 is 6.10 Å². The molecule has 0 saturated carbocycles. The summed E-state index contributed by atoms with van der Waals surface area (Å²) in [6.07, 6.45) is 2.10. The average Bonchev–Trinajstić information content (AvgIpc) is 2.51. The molecule has 0 aliphatic rings. The molecular weight excluding hydrogens is 341 g/mol. The zero-order chi connectivity index (χ0) is 16.8.